The first kappa shape index (κ1) is 110. The summed E-state index contributed by atoms with van der Waals surface area (Å²) in [5.41, 5.74) is 0. The molecule has 0 saturated heterocycles. The molecule has 6 unspecified atom stereocenters. The average molecular weight is 1600 g/mol. The molecule has 0 bridgehead atoms. The molecule has 14 heteroatoms. The first-order valence-corrected chi connectivity index (χ1v) is 50.0. The summed E-state index contributed by atoms with van der Waals surface area (Å²) in [6, 6.07) is 0. The fourth-order valence-corrected chi connectivity index (χ4v) is 16.5. The van der Waals surface area contributed by atoms with Crippen molar-refractivity contribution < 1.29 is 57.8 Å². The van der Waals surface area contributed by atoms with E-state index in [9.17, 15) is 29.4 Å². The van der Waals surface area contributed by atoms with Crippen molar-refractivity contribution in [2.24, 2.45) is 23.7 Å². The number of hydrogen-bond donors (Lipinski definition) is 2. The van der Waals surface area contributed by atoms with E-state index in [1.165, 1.54) is 218 Å². The van der Waals surface area contributed by atoms with Crippen LogP contribution in [0.25, 0.3) is 0 Å². The van der Waals surface area contributed by atoms with Gasteiger partial charge in [-0.05, 0) is 217 Å². The molecule has 0 aliphatic carbocycles. The Bertz CT molecular complexity index is 1960. The summed E-state index contributed by atoms with van der Waals surface area (Å²) in [4.78, 5) is 56.9. The number of aliphatic hydroxyl groups excluding tert-OH is 2. The van der Waals surface area contributed by atoms with E-state index in [4.69, 9.17) is 28.4 Å². The van der Waals surface area contributed by atoms with Gasteiger partial charge in [0.15, 0.2) is 0 Å². The van der Waals surface area contributed by atoms with Crippen molar-refractivity contribution in [1.82, 2.24) is 9.80 Å². The molecule has 0 rings (SSSR count). The summed E-state index contributed by atoms with van der Waals surface area (Å²) < 4.78 is 34.8. The largest absolute Gasteiger partial charge is 0.508 e. The van der Waals surface area contributed by atoms with Crippen LogP contribution in [0.2, 0.25) is 0 Å². The number of aliphatic hydroxyl groups is 2. The van der Waals surface area contributed by atoms with Crippen LogP contribution in [0.15, 0.2) is 0 Å². The van der Waals surface area contributed by atoms with Crippen molar-refractivity contribution in [2.75, 3.05) is 78.9 Å². The van der Waals surface area contributed by atoms with Crippen LogP contribution in [-0.2, 0) is 38.0 Å². The lowest BCUT2D eigenvalue weighted by molar-refractivity contribution is -0.145. The predicted molar refractivity (Wildman–Crippen MR) is 479 cm³/mol. The van der Waals surface area contributed by atoms with Gasteiger partial charge < -0.3 is 48.4 Å². The van der Waals surface area contributed by atoms with E-state index in [1.807, 2.05) is 0 Å². The van der Waals surface area contributed by atoms with Gasteiger partial charge in [-0.3, -0.25) is 9.59 Å². The highest BCUT2D eigenvalue weighted by molar-refractivity contribution is 5.69. The van der Waals surface area contributed by atoms with Gasteiger partial charge in [0, 0.05) is 26.1 Å². The van der Waals surface area contributed by atoms with Gasteiger partial charge in [0.2, 0.25) is 0 Å². The fraction of sp³-hybridized carbons (Fsp3) is 0.960. The zero-order chi connectivity index (χ0) is 82.4. The average Bonchev–Trinajstić information content (AvgIpc) is 0.966. The van der Waals surface area contributed by atoms with Crippen molar-refractivity contribution >= 4 is 24.2 Å². The lowest BCUT2D eigenvalue weighted by Crippen LogP contribution is -2.27. The first-order chi connectivity index (χ1) is 55.4. The van der Waals surface area contributed by atoms with Crippen molar-refractivity contribution in [3.05, 3.63) is 0 Å². The molecule has 0 amide bonds. The van der Waals surface area contributed by atoms with Gasteiger partial charge >= 0.3 is 24.2 Å². The third-order valence-electron chi connectivity index (χ3n) is 24.5. The number of carbonyl (C=O) groups is 4. The Balaban J connectivity index is 4.86. The van der Waals surface area contributed by atoms with E-state index >= 15 is 0 Å². The standard InChI is InChI=1S/C99H194N2O12/c1-9-15-21-26-30-48-71-94(70-47-25-19-13-5)112-98(106)110-88-61-38-34-53-80-101(83-56-42-58-85-103)81-54-35-39-62-89-111-99(107)113-95(72-49-31-27-22-16-10-2)73-50-40-44-64-90(7)91(8)65-63-69-93(68-46-29-24-18-12-4)75-77-97(105)109-87-60-37-33-52-79-100(82-55-41-57-84-102)78-51-32-36-59-86-108-96(104)76-74-92(66-43-20-14-6)67-45-28-23-17-11-3/h90-95,102-103H,9-89H2,1-8H3. The minimum Gasteiger partial charge on any atom is -0.466 e. The van der Waals surface area contributed by atoms with Crippen LogP contribution >= 0.6 is 0 Å². The van der Waals surface area contributed by atoms with Crippen molar-refractivity contribution in [1.29, 1.82) is 0 Å². The second kappa shape index (κ2) is 88.6. The molecule has 0 saturated carbocycles. The summed E-state index contributed by atoms with van der Waals surface area (Å²) in [6.45, 7) is 27.3. The van der Waals surface area contributed by atoms with Crippen LogP contribution in [-0.4, -0.2) is 135 Å². The number of ether oxygens (including phenoxy) is 6. The molecule has 0 fully saturated rings. The van der Waals surface area contributed by atoms with E-state index in [0.717, 1.165) is 251 Å². The molecule has 6 atom stereocenters. The predicted octanol–water partition coefficient (Wildman–Crippen LogP) is 29.2. The number of hydrogen-bond acceptors (Lipinski definition) is 14. The lowest BCUT2D eigenvalue weighted by atomic mass is 9.84. The summed E-state index contributed by atoms with van der Waals surface area (Å²) in [6.07, 6.45) is 76.9. The zero-order valence-electron chi connectivity index (χ0n) is 76.6. The number of carbonyl (C=O) groups excluding carboxylic acids is 4. The highest BCUT2D eigenvalue weighted by atomic mass is 16.7. The third-order valence-corrected chi connectivity index (χ3v) is 24.5. The van der Waals surface area contributed by atoms with Crippen LogP contribution in [0.1, 0.15) is 498 Å². The number of rotatable bonds is 92. The molecule has 0 radical (unpaired) electrons. The van der Waals surface area contributed by atoms with Crippen LogP contribution in [0.5, 0.6) is 0 Å². The summed E-state index contributed by atoms with van der Waals surface area (Å²) >= 11 is 0. The number of nitrogens with zero attached hydrogens (tertiary/aromatic N) is 2. The van der Waals surface area contributed by atoms with E-state index in [1.54, 1.807) is 0 Å². The van der Waals surface area contributed by atoms with Gasteiger partial charge in [0.05, 0.1) is 26.4 Å². The molecule has 0 aromatic carbocycles. The maximum atomic E-state index is 13.1. The van der Waals surface area contributed by atoms with Gasteiger partial charge in [0.25, 0.3) is 0 Å². The fourth-order valence-electron chi connectivity index (χ4n) is 16.5. The quantitative estimate of drug-likeness (QED) is 0.0335. The molecule has 2 N–H and O–H groups in total. The van der Waals surface area contributed by atoms with E-state index in [-0.39, 0.29) is 37.4 Å². The summed E-state index contributed by atoms with van der Waals surface area (Å²) in [7, 11) is 0. The molecule has 14 nitrogen and oxygen atoms in total. The molecule has 113 heavy (non-hydrogen) atoms. The van der Waals surface area contributed by atoms with E-state index in [0.29, 0.717) is 62.9 Å². The Labute approximate surface area is 701 Å². The first-order valence-electron chi connectivity index (χ1n) is 50.0. The Morgan fingerprint density at radius 3 is 0.788 bits per heavy atom. The van der Waals surface area contributed by atoms with Gasteiger partial charge in [-0.25, -0.2) is 9.59 Å². The Hall–Kier alpha value is -2.68. The maximum absolute atomic E-state index is 13.1. The van der Waals surface area contributed by atoms with Gasteiger partial charge in [0.1, 0.15) is 12.2 Å². The van der Waals surface area contributed by atoms with Crippen molar-refractivity contribution in [3.63, 3.8) is 0 Å². The van der Waals surface area contributed by atoms with Gasteiger partial charge in [-0.15, -0.1) is 0 Å². The minimum atomic E-state index is -0.497. The molecule has 0 aliphatic heterocycles. The second-order valence-electron chi connectivity index (χ2n) is 35.2. The van der Waals surface area contributed by atoms with Crippen LogP contribution in [0.4, 0.5) is 9.59 Å². The van der Waals surface area contributed by atoms with Crippen LogP contribution in [0.3, 0.4) is 0 Å². The number of unbranched alkanes of at least 4 members (excludes halogenated alkanes) is 41. The molecular weight excluding hydrogens is 1410 g/mol. The Morgan fingerprint density at radius 2 is 0.460 bits per heavy atom. The van der Waals surface area contributed by atoms with E-state index < -0.39 is 12.3 Å². The lowest BCUT2D eigenvalue weighted by Gasteiger charge is -2.22. The van der Waals surface area contributed by atoms with E-state index in [2.05, 4.69) is 65.2 Å². The van der Waals surface area contributed by atoms with Gasteiger partial charge in [-0.2, -0.15) is 0 Å². The molecular formula is C99H194N2O12. The summed E-state index contributed by atoms with van der Waals surface area (Å²) in [5.74, 6) is 2.54. The second-order valence-corrected chi connectivity index (χ2v) is 35.2. The maximum Gasteiger partial charge on any atom is 0.508 e. The van der Waals surface area contributed by atoms with Crippen LogP contribution < -0.4 is 0 Å². The smallest absolute Gasteiger partial charge is 0.466 e. The van der Waals surface area contributed by atoms with Crippen molar-refractivity contribution in [2.45, 2.75) is 511 Å². The topological polar surface area (TPSA) is 171 Å². The molecule has 0 aromatic heterocycles. The highest BCUT2D eigenvalue weighted by Gasteiger charge is 2.21. The SMILES string of the molecule is CCCCCCCCC(CCCCCC)OC(=O)OCCCCCCN(CCCCCO)CCCCCCOC(=O)OC(CCCCCCCC)CCCCCC(C)C(C)CCCC(CCCCCCC)CCC(=O)OCCCCCCN(CCCCCO)CCCCCCOC(=O)CCC(CCCCC)CCCCCCC. The monoisotopic (exact) mass is 1600 g/mol. The Kier molecular flexibility index (Phi) is 86.5. The highest BCUT2D eigenvalue weighted by Crippen LogP contribution is 2.30. The molecule has 0 aromatic rings. The number of esters is 2. The van der Waals surface area contributed by atoms with Gasteiger partial charge in [-0.1, -0.05) is 331 Å². The molecule has 672 valence electrons. The summed E-state index contributed by atoms with van der Waals surface area (Å²) in [5, 5.41) is 18.8. The minimum absolute atomic E-state index is 0.00555. The third kappa shape index (κ3) is 78.9. The Morgan fingerprint density at radius 1 is 0.239 bits per heavy atom. The molecule has 0 heterocycles. The van der Waals surface area contributed by atoms with Crippen LogP contribution in [0, 0.1) is 23.7 Å². The molecule has 0 spiro atoms. The molecule has 0 aliphatic rings. The van der Waals surface area contributed by atoms with Crippen molar-refractivity contribution in [3.8, 4) is 0 Å². The zero-order valence-corrected chi connectivity index (χ0v) is 76.6. The normalized spacial score (nSPS) is 13.3.